The van der Waals surface area contributed by atoms with Gasteiger partial charge in [-0.05, 0) is 26.0 Å². The minimum atomic E-state index is 0.350. The zero-order valence-corrected chi connectivity index (χ0v) is 11.5. The van der Waals surface area contributed by atoms with Crippen LogP contribution in [0.3, 0.4) is 0 Å². The molecule has 0 bridgehead atoms. The Labute approximate surface area is 115 Å². The molecule has 3 heterocycles. The topological polar surface area (TPSA) is 54.0 Å². The van der Waals surface area contributed by atoms with Gasteiger partial charge in [-0.2, -0.15) is 5.26 Å². The van der Waals surface area contributed by atoms with Crippen molar-refractivity contribution in [1.82, 2.24) is 14.4 Å². The maximum absolute atomic E-state index is 9.06. The van der Waals surface area contributed by atoms with E-state index in [1.165, 1.54) is 4.88 Å². The lowest BCUT2D eigenvalue weighted by molar-refractivity contribution is 1.02. The fourth-order valence-electron chi connectivity index (χ4n) is 2.19. The Morgan fingerprint density at radius 3 is 2.95 bits per heavy atom. The molecule has 0 unspecified atom stereocenters. The monoisotopic (exact) mass is 268 g/mol. The van der Waals surface area contributed by atoms with Gasteiger partial charge in [0.05, 0.1) is 23.9 Å². The minimum Gasteiger partial charge on any atom is -0.290 e. The van der Waals surface area contributed by atoms with E-state index in [-0.39, 0.29) is 0 Å². The molecule has 3 aromatic heterocycles. The Hall–Kier alpha value is -2.19. The molecule has 0 fully saturated rings. The summed E-state index contributed by atoms with van der Waals surface area (Å²) in [4.78, 5) is 11.0. The standard InChI is InChI=1S/C14H12N4S/c1-9-10(2)19-14-17-13(11-4-3-7-16-8-11)12(5-6-15)18(9)14/h3-4,7-8H,5H2,1-2H3. The first-order valence-corrected chi connectivity index (χ1v) is 6.78. The van der Waals surface area contributed by atoms with Crippen LogP contribution in [0.5, 0.6) is 0 Å². The Kier molecular flexibility index (Phi) is 2.80. The maximum atomic E-state index is 9.06. The molecule has 0 saturated heterocycles. The summed E-state index contributed by atoms with van der Waals surface area (Å²) in [6.45, 7) is 4.14. The van der Waals surface area contributed by atoms with Crippen LogP contribution in [0.25, 0.3) is 16.2 Å². The van der Waals surface area contributed by atoms with Crippen LogP contribution in [0, 0.1) is 25.2 Å². The van der Waals surface area contributed by atoms with Crippen molar-refractivity contribution in [3.63, 3.8) is 0 Å². The lowest BCUT2D eigenvalue weighted by Gasteiger charge is -2.01. The van der Waals surface area contributed by atoms with Crippen molar-refractivity contribution in [2.45, 2.75) is 20.3 Å². The van der Waals surface area contributed by atoms with Gasteiger partial charge in [0, 0.05) is 28.5 Å². The molecule has 19 heavy (non-hydrogen) atoms. The van der Waals surface area contributed by atoms with Crippen LogP contribution < -0.4 is 0 Å². The van der Waals surface area contributed by atoms with E-state index in [0.717, 1.165) is 27.6 Å². The Morgan fingerprint density at radius 2 is 2.26 bits per heavy atom. The number of thiazole rings is 1. The van der Waals surface area contributed by atoms with E-state index in [2.05, 4.69) is 34.3 Å². The molecule has 0 radical (unpaired) electrons. The predicted octanol–water partition coefficient (Wildman–Crippen LogP) is 3.14. The molecular weight excluding hydrogens is 256 g/mol. The molecule has 3 rings (SSSR count). The summed E-state index contributed by atoms with van der Waals surface area (Å²) in [5, 5.41) is 9.06. The molecule has 0 atom stereocenters. The van der Waals surface area contributed by atoms with E-state index in [1.54, 1.807) is 23.7 Å². The summed E-state index contributed by atoms with van der Waals surface area (Å²) in [7, 11) is 0. The number of pyridine rings is 1. The largest absolute Gasteiger partial charge is 0.290 e. The molecule has 0 spiro atoms. The molecular formula is C14H12N4S. The number of nitriles is 1. The first-order chi connectivity index (χ1) is 9.22. The average molecular weight is 268 g/mol. The van der Waals surface area contributed by atoms with Gasteiger partial charge in [0.25, 0.3) is 0 Å². The number of imidazole rings is 1. The number of aromatic nitrogens is 3. The molecule has 0 amide bonds. The number of aryl methyl sites for hydroxylation is 2. The van der Waals surface area contributed by atoms with Crippen molar-refractivity contribution in [1.29, 1.82) is 5.26 Å². The summed E-state index contributed by atoms with van der Waals surface area (Å²) < 4.78 is 2.09. The molecule has 0 N–H and O–H groups in total. The minimum absolute atomic E-state index is 0.350. The third kappa shape index (κ3) is 1.81. The highest BCUT2D eigenvalue weighted by Crippen LogP contribution is 2.30. The lowest BCUT2D eigenvalue weighted by atomic mass is 10.1. The van der Waals surface area contributed by atoms with Gasteiger partial charge in [-0.1, -0.05) is 0 Å². The SMILES string of the molecule is Cc1sc2nc(-c3cccnc3)c(CC#N)n2c1C. The zero-order chi connectivity index (χ0) is 13.4. The van der Waals surface area contributed by atoms with Crippen LogP contribution >= 0.6 is 11.3 Å². The number of hydrogen-bond donors (Lipinski definition) is 0. The molecule has 0 aromatic carbocycles. The average Bonchev–Trinajstić information content (AvgIpc) is 2.90. The molecule has 4 nitrogen and oxygen atoms in total. The second kappa shape index (κ2) is 4.48. The summed E-state index contributed by atoms with van der Waals surface area (Å²) in [5.74, 6) is 0. The summed E-state index contributed by atoms with van der Waals surface area (Å²) in [5.41, 5.74) is 3.94. The van der Waals surface area contributed by atoms with Gasteiger partial charge < -0.3 is 0 Å². The van der Waals surface area contributed by atoms with Crippen molar-refractivity contribution in [3.8, 4) is 17.3 Å². The van der Waals surface area contributed by atoms with Crippen LogP contribution in [0.2, 0.25) is 0 Å². The Balaban J connectivity index is 2.31. The predicted molar refractivity (Wildman–Crippen MR) is 75.1 cm³/mol. The third-order valence-electron chi connectivity index (χ3n) is 3.21. The highest BCUT2D eigenvalue weighted by atomic mass is 32.1. The van der Waals surface area contributed by atoms with E-state index in [1.807, 2.05) is 12.1 Å². The number of hydrogen-bond acceptors (Lipinski definition) is 4. The fourth-order valence-corrected chi connectivity index (χ4v) is 3.17. The summed E-state index contributed by atoms with van der Waals surface area (Å²) in [6, 6.07) is 6.09. The van der Waals surface area contributed by atoms with Gasteiger partial charge in [-0.25, -0.2) is 4.98 Å². The van der Waals surface area contributed by atoms with Gasteiger partial charge >= 0.3 is 0 Å². The lowest BCUT2D eigenvalue weighted by Crippen LogP contribution is -1.95. The summed E-state index contributed by atoms with van der Waals surface area (Å²) >= 11 is 1.66. The van der Waals surface area contributed by atoms with Gasteiger partial charge in [0.2, 0.25) is 0 Å². The first-order valence-electron chi connectivity index (χ1n) is 5.97. The molecule has 3 aromatic rings. The van der Waals surface area contributed by atoms with E-state index in [9.17, 15) is 0 Å². The number of fused-ring (bicyclic) bond motifs is 1. The van der Waals surface area contributed by atoms with Crippen molar-refractivity contribution in [3.05, 3.63) is 40.8 Å². The van der Waals surface area contributed by atoms with E-state index >= 15 is 0 Å². The number of rotatable bonds is 2. The normalized spacial score (nSPS) is 10.8. The second-order valence-electron chi connectivity index (χ2n) is 4.35. The van der Waals surface area contributed by atoms with Crippen LogP contribution in [-0.2, 0) is 6.42 Å². The van der Waals surface area contributed by atoms with Gasteiger partial charge in [0.15, 0.2) is 4.96 Å². The third-order valence-corrected chi connectivity index (χ3v) is 4.27. The second-order valence-corrected chi connectivity index (χ2v) is 5.53. The van der Waals surface area contributed by atoms with Crippen LogP contribution in [0.1, 0.15) is 16.3 Å². The number of nitrogens with zero attached hydrogens (tertiary/aromatic N) is 4. The smallest absolute Gasteiger partial charge is 0.194 e. The molecule has 0 aliphatic rings. The van der Waals surface area contributed by atoms with Crippen LogP contribution in [-0.4, -0.2) is 14.4 Å². The van der Waals surface area contributed by atoms with Crippen LogP contribution in [0.4, 0.5) is 0 Å². The quantitative estimate of drug-likeness (QED) is 0.717. The fraction of sp³-hybridized carbons (Fsp3) is 0.214. The van der Waals surface area contributed by atoms with Crippen molar-refractivity contribution < 1.29 is 0 Å². The van der Waals surface area contributed by atoms with Gasteiger partial charge in [0.1, 0.15) is 0 Å². The molecule has 0 aliphatic heterocycles. The zero-order valence-electron chi connectivity index (χ0n) is 10.7. The highest BCUT2D eigenvalue weighted by Gasteiger charge is 2.18. The summed E-state index contributed by atoms with van der Waals surface area (Å²) in [6.07, 6.45) is 3.87. The maximum Gasteiger partial charge on any atom is 0.194 e. The highest BCUT2D eigenvalue weighted by molar-refractivity contribution is 7.17. The Morgan fingerprint density at radius 1 is 1.42 bits per heavy atom. The van der Waals surface area contributed by atoms with Crippen molar-refractivity contribution in [2.75, 3.05) is 0 Å². The van der Waals surface area contributed by atoms with Gasteiger partial charge in [-0.3, -0.25) is 9.38 Å². The van der Waals surface area contributed by atoms with E-state index in [0.29, 0.717) is 6.42 Å². The van der Waals surface area contributed by atoms with Crippen LogP contribution in [0.15, 0.2) is 24.5 Å². The van der Waals surface area contributed by atoms with Gasteiger partial charge in [-0.15, -0.1) is 11.3 Å². The molecule has 0 saturated carbocycles. The molecule has 0 aliphatic carbocycles. The Bertz CT molecular complexity index is 777. The first kappa shape index (κ1) is 11.9. The van der Waals surface area contributed by atoms with E-state index < -0.39 is 0 Å². The van der Waals surface area contributed by atoms with Crippen molar-refractivity contribution >= 4 is 16.3 Å². The molecule has 5 heteroatoms. The van der Waals surface area contributed by atoms with Crippen molar-refractivity contribution in [2.24, 2.45) is 0 Å². The molecule has 94 valence electrons. The van der Waals surface area contributed by atoms with E-state index in [4.69, 9.17) is 5.26 Å².